The number of morpholine rings is 1. The molecule has 1 aromatic carbocycles. The predicted octanol–water partition coefficient (Wildman–Crippen LogP) is 6.31. The number of rotatable bonds is 7. The van der Waals surface area contributed by atoms with E-state index in [0.717, 1.165) is 18.4 Å². The van der Waals surface area contributed by atoms with Gasteiger partial charge in [-0.3, -0.25) is 4.79 Å². The van der Waals surface area contributed by atoms with E-state index in [4.69, 9.17) is 23.4 Å². The second kappa shape index (κ2) is 11.9. The monoisotopic (exact) mass is 685 g/mol. The number of carbonyl (C=O) groups excluding carboxylic acids is 1. The minimum atomic E-state index is -3.65. The Hall–Kier alpha value is -1.27. The lowest BCUT2D eigenvalue weighted by molar-refractivity contribution is -0.142. The molecule has 3 saturated heterocycles. The molecule has 5 aliphatic rings. The van der Waals surface area contributed by atoms with Crippen molar-refractivity contribution in [3.8, 4) is 0 Å². The van der Waals surface area contributed by atoms with Crippen molar-refractivity contribution in [1.29, 1.82) is 0 Å². The lowest BCUT2D eigenvalue weighted by Gasteiger charge is -2.57. The highest BCUT2D eigenvalue weighted by atomic mass is 32.2. The zero-order valence-corrected chi connectivity index (χ0v) is 31.9. The summed E-state index contributed by atoms with van der Waals surface area (Å²) in [6.45, 7) is 24.8. The molecule has 266 valence electrons. The van der Waals surface area contributed by atoms with E-state index in [1.807, 2.05) is 12.1 Å². The van der Waals surface area contributed by atoms with Crippen LogP contribution in [0.1, 0.15) is 113 Å². The minimum Gasteiger partial charge on any atom is -0.403 e. The van der Waals surface area contributed by atoms with E-state index in [2.05, 4.69) is 76.2 Å². The molecule has 3 heterocycles. The fourth-order valence-corrected chi connectivity index (χ4v) is 10.4. The van der Waals surface area contributed by atoms with Gasteiger partial charge < -0.3 is 23.4 Å². The molecule has 9 nitrogen and oxygen atoms in total. The van der Waals surface area contributed by atoms with E-state index in [9.17, 15) is 13.2 Å². The number of hydrogen-bond donors (Lipinski definition) is 0. The molecular weight excluding hydrogens is 628 g/mol. The molecule has 5 atom stereocenters. The van der Waals surface area contributed by atoms with Crippen LogP contribution in [-0.4, -0.2) is 81.5 Å². The highest BCUT2D eigenvalue weighted by molar-refractivity contribution is 7.89. The molecule has 0 spiro atoms. The number of fused-ring (bicyclic) bond motifs is 2. The Kier molecular flexibility index (Phi) is 9.04. The summed E-state index contributed by atoms with van der Waals surface area (Å²) >= 11 is 0. The first-order valence-electron chi connectivity index (χ1n) is 17.9. The van der Waals surface area contributed by atoms with E-state index in [1.54, 1.807) is 12.1 Å². The third kappa shape index (κ3) is 6.17. The summed E-state index contributed by atoms with van der Waals surface area (Å²) < 4.78 is 60.7. The summed E-state index contributed by atoms with van der Waals surface area (Å²) in [5, 5.41) is 0. The Labute approximate surface area is 289 Å². The Morgan fingerprint density at radius 2 is 1.33 bits per heavy atom. The Morgan fingerprint density at radius 3 is 1.88 bits per heavy atom. The largest absolute Gasteiger partial charge is 0.465 e. The second-order valence-corrected chi connectivity index (χ2v) is 20.1. The number of ether oxygens (including phenoxy) is 1. The van der Waals surface area contributed by atoms with Crippen LogP contribution in [0.15, 0.2) is 29.2 Å². The standard InChI is InChI=1S/C36H57B2NO8S/c1-31(2)21-29(38-46-34(7,8)35(9,10)47-38)26-20-27(31)30(40)23-36(26,11)22-28(37-44-32(3,4)33(5,6)45-37)24-12-14-25(15-13-24)48(41,42)39-16-18-43-19-17-39/h12-15,26-29H,16-23H2,1-11H3/t26-,27-,28-,29+,36+/m1/s1. The molecule has 0 unspecified atom stereocenters. The quantitative estimate of drug-likeness (QED) is 0.308. The van der Waals surface area contributed by atoms with E-state index >= 15 is 0 Å². The van der Waals surface area contributed by atoms with Gasteiger partial charge in [0.1, 0.15) is 5.78 Å². The Balaban J connectivity index is 1.36. The smallest absolute Gasteiger partial charge is 0.403 e. The summed E-state index contributed by atoms with van der Waals surface area (Å²) in [6.07, 6.45) is 2.74. The molecule has 0 aromatic heterocycles. The van der Waals surface area contributed by atoms with Gasteiger partial charge >= 0.3 is 14.2 Å². The van der Waals surface area contributed by atoms with Crippen LogP contribution < -0.4 is 0 Å². The van der Waals surface area contributed by atoms with E-state index in [0.29, 0.717) is 44.9 Å². The van der Waals surface area contributed by atoms with Crippen molar-refractivity contribution in [2.24, 2.45) is 22.7 Å². The highest BCUT2D eigenvalue weighted by Crippen LogP contribution is 2.64. The van der Waals surface area contributed by atoms with Crippen LogP contribution in [0.5, 0.6) is 0 Å². The van der Waals surface area contributed by atoms with Crippen LogP contribution in [0.3, 0.4) is 0 Å². The fraction of sp³-hybridized carbons (Fsp3) is 0.806. The summed E-state index contributed by atoms with van der Waals surface area (Å²) in [7, 11) is -4.59. The molecule has 0 N–H and O–H groups in total. The van der Waals surface area contributed by atoms with Crippen molar-refractivity contribution in [2.75, 3.05) is 26.3 Å². The molecule has 6 rings (SSSR count). The Bertz CT molecular complexity index is 1470. The van der Waals surface area contributed by atoms with Crippen molar-refractivity contribution < 1.29 is 36.6 Å². The third-order valence-corrected chi connectivity index (χ3v) is 15.3. The first-order valence-corrected chi connectivity index (χ1v) is 19.4. The first-order chi connectivity index (χ1) is 22.0. The number of ketones is 1. The van der Waals surface area contributed by atoms with Crippen LogP contribution in [0.25, 0.3) is 0 Å². The van der Waals surface area contributed by atoms with Gasteiger partial charge in [0.25, 0.3) is 0 Å². The summed E-state index contributed by atoms with van der Waals surface area (Å²) in [4.78, 5) is 14.3. The molecule has 0 radical (unpaired) electrons. The molecule has 2 saturated carbocycles. The summed E-state index contributed by atoms with van der Waals surface area (Å²) in [6, 6.07) is 7.24. The maximum atomic E-state index is 14.0. The van der Waals surface area contributed by atoms with Crippen LogP contribution in [0.4, 0.5) is 0 Å². The van der Waals surface area contributed by atoms with Crippen molar-refractivity contribution >= 4 is 30.0 Å². The van der Waals surface area contributed by atoms with Gasteiger partial charge in [0, 0.05) is 31.2 Å². The molecule has 0 amide bonds. The fourth-order valence-electron chi connectivity index (χ4n) is 8.98. The zero-order valence-electron chi connectivity index (χ0n) is 31.1. The number of sulfonamides is 1. The van der Waals surface area contributed by atoms with Crippen molar-refractivity contribution in [1.82, 2.24) is 4.31 Å². The van der Waals surface area contributed by atoms with E-state index in [1.165, 1.54) is 4.31 Å². The van der Waals surface area contributed by atoms with Crippen LogP contribution >= 0.6 is 0 Å². The van der Waals surface area contributed by atoms with Crippen LogP contribution in [0, 0.1) is 22.7 Å². The minimum absolute atomic E-state index is 0.00535. The van der Waals surface area contributed by atoms with Crippen molar-refractivity contribution in [3.63, 3.8) is 0 Å². The van der Waals surface area contributed by atoms with Gasteiger partial charge in [0.2, 0.25) is 10.0 Å². The molecule has 2 aliphatic carbocycles. The molecule has 5 fully saturated rings. The van der Waals surface area contributed by atoms with E-state index < -0.39 is 45.0 Å². The number of hydrogen-bond acceptors (Lipinski definition) is 8. The second-order valence-electron chi connectivity index (χ2n) is 18.2. The predicted molar refractivity (Wildman–Crippen MR) is 187 cm³/mol. The van der Waals surface area contributed by atoms with Crippen molar-refractivity contribution in [3.05, 3.63) is 29.8 Å². The Morgan fingerprint density at radius 1 is 0.812 bits per heavy atom. The van der Waals surface area contributed by atoms with Gasteiger partial charge in [-0.2, -0.15) is 4.31 Å². The maximum absolute atomic E-state index is 14.0. The number of Topliss-reactive ketones (excluding diaryl/α,β-unsaturated/α-hetero) is 1. The van der Waals surface area contributed by atoms with Gasteiger partial charge in [-0.25, -0.2) is 8.42 Å². The van der Waals surface area contributed by atoms with Gasteiger partial charge in [-0.15, -0.1) is 0 Å². The van der Waals surface area contributed by atoms with Gasteiger partial charge in [0.15, 0.2) is 0 Å². The SMILES string of the molecule is CC1(C)C[C@H](B2OC(C)(C)C(C)(C)O2)[C@H]2C[C@@H]1C(=O)C[C@]2(C)C[C@@H](B1OC(C)(C)C(C)(C)O1)c1ccc(S(=O)(=O)N2CCOCC2)cc1. The third-order valence-electron chi connectivity index (χ3n) is 13.4. The first kappa shape index (κ1) is 36.5. The normalized spacial score (nSPS) is 34.7. The molecular formula is C36H57B2NO8S. The average Bonchev–Trinajstić information content (AvgIpc) is 3.34. The molecule has 3 aliphatic heterocycles. The van der Waals surface area contributed by atoms with E-state index in [-0.39, 0.29) is 40.9 Å². The molecule has 1 aromatic rings. The number of benzene rings is 1. The van der Waals surface area contributed by atoms with Crippen LogP contribution in [-0.2, 0) is 38.2 Å². The van der Waals surface area contributed by atoms with Gasteiger partial charge in [0.05, 0.1) is 40.5 Å². The molecule has 12 heteroatoms. The highest BCUT2D eigenvalue weighted by Gasteiger charge is 2.64. The lowest BCUT2D eigenvalue weighted by Crippen LogP contribution is -2.55. The maximum Gasteiger partial charge on any atom is 0.465 e. The average molecular weight is 686 g/mol. The number of carbonyl (C=O) groups is 1. The lowest BCUT2D eigenvalue weighted by atomic mass is 9.40. The van der Waals surface area contributed by atoms with Gasteiger partial charge in [-0.05, 0) is 115 Å². The summed E-state index contributed by atoms with van der Waals surface area (Å²) in [5.41, 5.74) is -1.62. The zero-order chi connectivity index (χ0) is 35.3. The van der Waals surface area contributed by atoms with Crippen LogP contribution in [0.2, 0.25) is 5.82 Å². The summed E-state index contributed by atoms with van der Waals surface area (Å²) in [5.74, 6) is 0.360. The molecule has 48 heavy (non-hydrogen) atoms. The topological polar surface area (TPSA) is 101 Å². The van der Waals surface area contributed by atoms with Crippen molar-refractivity contribution in [2.45, 2.75) is 141 Å². The van der Waals surface area contributed by atoms with Gasteiger partial charge in [-0.1, -0.05) is 32.9 Å². The molecule has 2 bridgehead atoms. The number of nitrogens with zero attached hydrogens (tertiary/aromatic N) is 1.